The van der Waals surface area contributed by atoms with Crippen LogP contribution >= 0.6 is 0 Å². The van der Waals surface area contributed by atoms with Crippen molar-refractivity contribution in [2.75, 3.05) is 11.5 Å². The number of hydrogen-bond acceptors (Lipinski definition) is 4. The minimum absolute atomic E-state index is 0.0509. The highest BCUT2D eigenvalue weighted by molar-refractivity contribution is 6.18. The van der Waals surface area contributed by atoms with Crippen molar-refractivity contribution in [3.05, 3.63) is 35.4 Å². The van der Waals surface area contributed by atoms with Gasteiger partial charge >= 0.3 is 11.9 Å². The third kappa shape index (κ3) is 1.60. The van der Waals surface area contributed by atoms with Crippen LogP contribution in [-0.2, 0) is 0 Å². The predicted molar refractivity (Wildman–Crippen MR) is 66.7 cm³/mol. The minimum Gasteiger partial charge on any atom is -0.478 e. The summed E-state index contributed by atoms with van der Waals surface area (Å²) in [6.07, 6.45) is 0. The topological polar surface area (TPSA) is 127 Å². The molecule has 0 radical (unpaired) electrons. The van der Waals surface area contributed by atoms with Gasteiger partial charge < -0.3 is 21.7 Å². The van der Waals surface area contributed by atoms with Gasteiger partial charge in [-0.3, -0.25) is 0 Å². The number of rotatable bonds is 2. The van der Waals surface area contributed by atoms with E-state index in [1.807, 2.05) is 0 Å². The third-order valence-electron chi connectivity index (χ3n) is 2.69. The molecule has 92 valence electrons. The molecule has 0 atom stereocenters. The van der Waals surface area contributed by atoms with E-state index in [9.17, 15) is 9.59 Å². The van der Waals surface area contributed by atoms with Crippen molar-refractivity contribution < 1.29 is 19.8 Å². The van der Waals surface area contributed by atoms with E-state index >= 15 is 0 Å². The number of hydrogen-bond donors (Lipinski definition) is 4. The van der Waals surface area contributed by atoms with Gasteiger partial charge in [-0.15, -0.1) is 0 Å². The van der Waals surface area contributed by atoms with Gasteiger partial charge in [0.15, 0.2) is 0 Å². The van der Waals surface area contributed by atoms with E-state index in [-0.39, 0.29) is 33.3 Å². The Morgan fingerprint density at radius 2 is 1.17 bits per heavy atom. The Labute approximate surface area is 101 Å². The molecule has 0 unspecified atom stereocenters. The van der Waals surface area contributed by atoms with Crippen LogP contribution in [0.1, 0.15) is 20.7 Å². The van der Waals surface area contributed by atoms with E-state index in [0.717, 1.165) is 0 Å². The smallest absolute Gasteiger partial charge is 0.336 e. The Balaban J connectivity index is 3.06. The predicted octanol–water partition coefficient (Wildman–Crippen LogP) is 1.40. The average Bonchev–Trinajstić information content (AvgIpc) is 2.28. The van der Waals surface area contributed by atoms with Crippen molar-refractivity contribution >= 4 is 34.1 Å². The zero-order valence-electron chi connectivity index (χ0n) is 9.18. The van der Waals surface area contributed by atoms with Crippen molar-refractivity contribution in [3.8, 4) is 0 Å². The molecule has 0 bridgehead atoms. The first-order valence-corrected chi connectivity index (χ1v) is 5.00. The molecule has 6 N–H and O–H groups in total. The van der Waals surface area contributed by atoms with Crippen LogP contribution in [0.15, 0.2) is 24.3 Å². The Bertz CT molecular complexity index is 625. The van der Waals surface area contributed by atoms with Gasteiger partial charge in [0.2, 0.25) is 0 Å². The molecular weight excluding hydrogens is 236 g/mol. The highest BCUT2D eigenvalue weighted by atomic mass is 16.4. The average molecular weight is 246 g/mol. The monoisotopic (exact) mass is 246 g/mol. The number of anilines is 2. The summed E-state index contributed by atoms with van der Waals surface area (Å²) in [6.45, 7) is 0. The molecule has 0 aliphatic carbocycles. The van der Waals surface area contributed by atoms with E-state index in [4.69, 9.17) is 21.7 Å². The lowest BCUT2D eigenvalue weighted by atomic mass is 9.96. The van der Waals surface area contributed by atoms with Crippen LogP contribution in [0.2, 0.25) is 0 Å². The first-order valence-electron chi connectivity index (χ1n) is 5.00. The number of carbonyl (C=O) groups is 2. The van der Waals surface area contributed by atoms with Gasteiger partial charge in [0.05, 0.1) is 11.1 Å². The largest absolute Gasteiger partial charge is 0.478 e. The van der Waals surface area contributed by atoms with Gasteiger partial charge in [0.1, 0.15) is 0 Å². The van der Waals surface area contributed by atoms with Crippen molar-refractivity contribution in [2.45, 2.75) is 0 Å². The standard InChI is InChI=1S/C12H10N2O4/c13-7-3-1-5(11(15)16)9-6(12(17)18)2-4-8(14)10(7)9/h1-4H,13-14H2,(H,15,16)(H,17,18). The van der Waals surface area contributed by atoms with Crippen LogP contribution < -0.4 is 11.5 Å². The molecule has 2 rings (SSSR count). The minimum atomic E-state index is -1.23. The van der Waals surface area contributed by atoms with Crippen LogP contribution in [-0.4, -0.2) is 22.2 Å². The molecule has 6 heteroatoms. The SMILES string of the molecule is Nc1ccc(C(=O)O)c2c(C(=O)O)ccc(N)c12. The second-order valence-corrected chi connectivity index (χ2v) is 3.77. The van der Waals surface area contributed by atoms with Gasteiger partial charge in [-0.25, -0.2) is 9.59 Å². The summed E-state index contributed by atoms with van der Waals surface area (Å²) < 4.78 is 0. The lowest BCUT2D eigenvalue weighted by molar-refractivity contribution is 0.0695. The Morgan fingerprint density at radius 3 is 1.50 bits per heavy atom. The van der Waals surface area contributed by atoms with Crippen molar-refractivity contribution in [1.82, 2.24) is 0 Å². The fourth-order valence-electron chi connectivity index (χ4n) is 1.91. The first kappa shape index (κ1) is 11.7. The van der Waals surface area contributed by atoms with Gasteiger partial charge in [-0.1, -0.05) is 0 Å². The summed E-state index contributed by atoms with van der Waals surface area (Å²) in [5.41, 5.74) is 11.7. The van der Waals surface area contributed by atoms with E-state index in [1.54, 1.807) is 0 Å². The molecule has 0 saturated heterocycles. The number of carboxylic acids is 2. The maximum atomic E-state index is 11.1. The molecule has 0 heterocycles. The Kier molecular flexibility index (Phi) is 2.55. The van der Waals surface area contributed by atoms with Gasteiger partial charge in [-0.05, 0) is 24.3 Å². The maximum Gasteiger partial charge on any atom is 0.336 e. The van der Waals surface area contributed by atoms with E-state index < -0.39 is 11.9 Å². The molecule has 0 saturated carbocycles. The quantitative estimate of drug-likeness (QED) is 0.593. The van der Waals surface area contributed by atoms with Gasteiger partial charge in [0.25, 0.3) is 0 Å². The molecule has 0 aromatic heterocycles. The molecule has 0 amide bonds. The summed E-state index contributed by atoms with van der Waals surface area (Å²) in [6, 6.07) is 5.33. The number of carboxylic acid groups (broad SMARTS) is 2. The molecule has 0 fully saturated rings. The number of benzene rings is 2. The van der Waals surface area contributed by atoms with Crippen LogP contribution in [0.4, 0.5) is 11.4 Å². The number of nitrogen functional groups attached to an aromatic ring is 2. The summed E-state index contributed by atoms with van der Waals surface area (Å²) >= 11 is 0. The van der Waals surface area contributed by atoms with Crippen LogP contribution in [0.5, 0.6) is 0 Å². The molecular formula is C12H10N2O4. The lowest BCUT2D eigenvalue weighted by Crippen LogP contribution is -2.06. The second kappa shape index (κ2) is 3.92. The Morgan fingerprint density at radius 1 is 0.778 bits per heavy atom. The molecule has 0 spiro atoms. The van der Waals surface area contributed by atoms with Crippen molar-refractivity contribution in [2.24, 2.45) is 0 Å². The fraction of sp³-hybridized carbons (Fsp3) is 0. The molecule has 0 aliphatic heterocycles. The first-order chi connectivity index (χ1) is 8.43. The summed E-state index contributed by atoms with van der Waals surface area (Å²) in [5.74, 6) is -2.46. The highest BCUT2D eigenvalue weighted by Gasteiger charge is 2.19. The molecule has 0 aliphatic rings. The van der Waals surface area contributed by atoms with Crippen LogP contribution in [0.3, 0.4) is 0 Å². The van der Waals surface area contributed by atoms with E-state index in [1.165, 1.54) is 24.3 Å². The second-order valence-electron chi connectivity index (χ2n) is 3.77. The summed E-state index contributed by atoms with van der Waals surface area (Å²) in [7, 11) is 0. The summed E-state index contributed by atoms with van der Waals surface area (Å²) in [4.78, 5) is 22.3. The zero-order chi connectivity index (χ0) is 13.4. The highest BCUT2D eigenvalue weighted by Crippen LogP contribution is 2.32. The Hall–Kier alpha value is -2.76. The number of fused-ring (bicyclic) bond motifs is 1. The van der Waals surface area contributed by atoms with E-state index in [2.05, 4.69) is 0 Å². The molecule has 18 heavy (non-hydrogen) atoms. The third-order valence-corrected chi connectivity index (χ3v) is 2.69. The summed E-state index contributed by atoms with van der Waals surface area (Å²) in [5, 5.41) is 18.5. The van der Waals surface area contributed by atoms with Crippen molar-refractivity contribution in [3.63, 3.8) is 0 Å². The maximum absolute atomic E-state index is 11.1. The molecule has 6 nitrogen and oxygen atoms in total. The molecule has 2 aromatic rings. The molecule has 2 aromatic carbocycles. The van der Waals surface area contributed by atoms with E-state index in [0.29, 0.717) is 0 Å². The fourth-order valence-corrected chi connectivity index (χ4v) is 1.91. The van der Waals surface area contributed by atoms with Crippen LogP contribution in [0, 0.1) is 0 Å². The van der Waals surface area contributed by atoms with Crippen LogP contribution in [0.25, 0.3) is 10.8 Å². The normalized spacial score (nSPS) is 10.4. The zero-order valence-corrected chi connectivity index (χ0v) is 9.18. The van der Waals surface area contributed by atoms with Gasteiger partial charge in [-0.2, -0.15) is 0 Å². The van der Waals surface area contributed by atoms with Crippen molar-refractivity contribution in [1.29, 1.82) is 0 Å². The number of nitrogens with two attached hydrogens (primary N) is 2. The number of aromatic carboxylic acids is 2. The lowest BCUT2D eigenvalue weighted by Gasteiger charge is -2.11. The van der Waals surface area contributed by atoms with Gasteiger partial charge in [0, 0.05) is 22.1 Å².